The molecule has 0 bridgehead atoms. The monoisotopic (exact) mass is 469 g/mol. The minimum atomic E-state index is -0.228. The first-order valence-electron chi connectivity index (χ1n) is 11.1. The smallest absolute Gasteiger partial charge is 0.281 e. The average Bonchev–Trinajstić information content (AvgIpc) is 3.37. The molecule has 0 aromatic heterocycles. The van der Waals surface area contributed by atoms with Crippen molar-refractivity contribution in [2.75, 3.05) is 25.8 Å². The highest BCUT2D eigenvalue weighted by Gasteiger charge is 2.33. The van der Waals surface area contributed by atoms with Crippen molar-refractivity contribution < 1.29 is 14.3 Å². The van der Waals surface area contributed by atoms with Crippen molar-refractivity contribution in [1.82, 2.24) is 5.01 Å². The molecule has 1 amide bonds. The maximum absolute atomic E-state index is 13.2. The van der Waals surface area contributed by atoms with E-state index in [4.69, 9.17) is 9.47 Å². The quantitative estimate of drug-likeness (QED) is 0.262. The van der Waals surface area contributed by atoms with Gasteiger partial charge < -0.3 is 9.47 Å². The van der Waals surface area contributed by atoms with Crippen LogP contribution >= 0.6 is 0 Å². The summed E-state index contributed by atoms with van der Waals surface area (Å²) in [7, 11) is 3.29. The van der Waals surface area contributed by atoms with E-state index in [-0.39, 0.29) is 18.6 Å². The molecule has 0 aliphatic carbocycles. The lowest BCUT2D eigenvalue weighted by molar-refractivity contribution is -0.135. The fourth-order valence-electron chi connectivity index (χ4n) is 3.83. The first-order valence-corrected chi connectivity index (χ1v) is 11.1. The molecular formula is C27H27N5O3. The molecule has 178 valence electrons. The number of anilines is 1. The molecular weight excluding hydrogens is 442 g/mol. The summed E-state index contributed by atoms with van der Waals surface area (Å²) in [6.07, 6.45) is 2.17. The van der Waals surface area contributed by atoms with Gasteiger partial charge >= 0.3 is 0 Å². The van der Waals surface area contributed by atoms with Crippen LogP contribution in [0.1, 0.15) is 23.6 Å². The van der Waals surface area contributed by atoms with Crippen LogP contribution in [0, 0.1) is 0 Å². The van der Waals surface area contributed by atoms with Gasteiger partial charge in [-0.1, -0.05) is 42.5 Å². The summed E-state index contributed by atoms with van der Waals surface area (Å²) in [6, 6.07) is 24.6. The van der Waals surface area contributed by atoms with Crippen molar-refractivity contribution in [1.29, 1.82) is 0 Å². The van der Waals surface area contributed by atoms with Gasteiger partial charge in [0.2, 0.25) is 0 Å². The van der Waals surface area contributed by atoms with Crippen LogP contribution in [-0.4, -0.2) is 50.4 Å². The van der Waals surface area contributed by atoms with Gasteiger partial charge in [0.05, 0.1) is 24.6 Å². The zero-order valence-electron chi connectivity index (χ0n) is 19.7. The van der Waals surface area contributed by atoms with E-state index in [1.54, 1.807) is 37.6 Å². The minimum absolute atomic E-state index is 0.141. The molecule has 1 aliphatic heterocycles. The molecule has 3 aromatic rings. The van der Waals surface area contributed by atoms with E-state index < -0.39 is 0 Å². The average molecular weight is 470 g/mol. The Hall–Kier alpha value is -4.46. The molecule has 8 heteroatoms. The standard InChI is InChI=1S/C27H27N5O3/c1-28-19-31(29-2)22-11-15-24(16-12-22)35-18-27(33)32-26(21-9-13-23(34-3)14-10-21)17-25(30-32)20-7-5-4-6-8-20/h4-16,19,26H,2,17-18H2,1,3H3/t26-/m0/s1. The van der Waals surface area contributed by atoms with E-state index in [2.05, 4.69) is 21.9 Å². The number of methoxy groups -OCH3 is 1. The van der Waals surface area contributed by atoms with Crippen molar-refractivity contribution in [3.05, 3.63) is 90.0 Å². The van der Waals surface area contributed by atoms with Crippen LogP contribution in [0.4, 0.5) is 5.69 Å². The number of benzene rings is 3. The molecule has 1 heterocycles. The second-order valence-electron chi connectivity index (χ2n) is 7.79. The van der Waals surface area contributed by atoms with Gasteiger partial charge in [-0.05, 0) is 47.5 Å². The van der Waals surface area contributed by atoms with Gasteiger partial charge in [-0.15, -0.1) is 0 Å². The summed E-state index contributed by atoms with van der Waals surface area (Å²) in [4.78, 5) is 17.2. The van der Waals surface area contributed by atoms with Crippen molar-refractivity contribution in [3.8, 4) is 11.5 Å². The minimum Gasteiger partial charge on any atom is -0.497 e. The fraction of sp³-hybridized carbons (Fsp3) is 0.185. The predicted octanol–water partition coefficient (Wildman–Crippen LogP) is 4.53. The highest BCUT2D eigenvalue weighted by Crippen LogP contribution is 2.33. The van der Waals surface area contributed by atoms with Crippen LogP contribution in [0.3, 0.4) is 0 Å². The van der Waals surface area contributed by atoms with E-state index in [9.17, 15) is 4.79 Å². The maximum Gasteiger partial charge on any atom is 0.281 e. The molecule has 4 rings (SSSR count). The first-order chi connectivity index (χ1) is 17.1. The zero-order valence-corrected chi connectivity index (χ0v) is 19.7. The number of aliphatic imine (C=N–C) groups is 1. The van der Waals surface area contributed by atoms with Gasteiger partial charge in [0.25, 0.3) is 5.91 Å². The summed E-state index contributed by atoms with van der Waals surface area (Å²) >= 11 is 0. The topological polar surface area (TPSA) is 79.1 Å². The second-order valence-corrected chi connectivity index (χ2v) is 7.79. The third kappa shape index (κ3) is 5.55. The number of rotatable bonds is 9. The van der Waals surface area contributed by atoms with Crippen molar-refractivity contribution >= 4 is 30.4 Å². The SMILES string of the molecule is C=NN(C=NC)c1ccc(OCC(=O)N2N=C(c3ccccc3)C[C@H]2c2ccc(OC)cc2)cc1. The van der Waals surface area contributed by atoms with Crippen molar-refractivity contribution in [2.24, 2.45) is 15.2 Å². The van der Waals surface area contributed by atoms with Crippen LogP contribution in [0.2, 0.25) is 0 Å². The highest BCUT2D eigenvalue weighted by molar-refractivity contribution is 6.03. The number of amides is 1. The zero-order chi connectivity index (χ0) is 24.6. The lowest BCUT2D eigenvalue weighted by atomic mass is 9.98. The molecule has 3 aromatic carbocycles. The van der Waals surface area contributed by atoms with Gasteiger partial charge in [-0.2, -0.15) is 10.2 Å². The molecule has 0 saturated heterocycles. The third-order valence-corrected chi connectivity index (χ3v) is 5.61. The summed E-state index contributed by atoms with van der Waals surface area (Å²) in [5, 5.41) is 11.6. The van der Waals surface area contributed by atoms with E-state index >= 15 is 0 Å². The summed E-state index contributed by atoms with van der Waals surface area (Å²) in [5.74, 6) is 1.09. The van der Waals surface area contributed by atoms with Crippen LogP contribution in [-0.2, 0) is 4.79 Å². The molecule has 0 radical (unpaired) electrons. The Morgan fingerprint density at radius 2 is 1.77 bits per heavy atom. The lowest BCUT2D eigenvalue weighted by Crippen LogP contribution is -2.31. The predicted molar refractivity (Wildman–Crippen MR) is 139 cm³/mol. The largest absolute Gasteiger partial charge is 0.497 e. The Morgan fingerprint density at radius 1 is 1.09 bits per heavy atom. The van der Waals surface area contributed by atoms with Crippen LogP contribution in [0.25, 0.3) is 0 Å². The molecule has 0 N–H and O–H groups in total. The Bertz CT molecular complexity index is 1210. The van der Waals surface area contributed by atoms with E-state index in [0.29, 0.717) is 12.2 Å². The Kier molecular flexibility index (Phi) is 7.52. The van der Waals surface area contributed by atoms with Gasteiger partial charge in [-0.3, -0.25) is 9.79 Å². The molecule has 1 aliphatic rings. The molecule has 8 nitrogen and oxygen atoms in total. The Balaban J connectivity index is 1.50. The van der Waals surface area contributed by atoms with Crippen molar-refractivity contribution in [2.45, 2.75) is 12.5 Å². The normalized spacial score (nSPS) is 15.1. The van der Waals surface area contributed by atoms with Crippen LogP contribution in [0.15, 0.2) is 94.1 Å². The molecule has 0 spiro atoms. The van der Waals surface area contributed by atoms with E-state index in [0.717, 1.165) is 28.3 Å². The van der Waals surface area contributed by atoms with Gasteiger partial charge in [0.15, 0.2) is 6.61 Å². The number of carbonyl (C=O) groups excluding carboxylic acids is 1. The Labute approximate surface area is 204 Å². The number of carbonyl (C=O) groups is 1. The number of ether oxygens (including phenoxy) is 2. The van der Waals surface area contributed by atoms with Crippen LogP contribution in [0.5, 0.6) is 11.5 Å². The van der Waals surface area contributed by atoms with Crippen molar-refractivity contribution in [3.63, 3.8) is 0 Å². The maximum atomic E-state index is 13.2. The summed E-state index contributed by atoms with van der Waals surface area (Å²) in [6.45, 7) is 3.39. The van der Waals surface area contributed by atoms with E-state index in [1.165, 1.54) is 5.01 Å². The van der Waals surface area contributed by atoms with Gasteiger partial charge in [0, 0.05) is 20.2 Å². The molecule has 35 heavy (non-hydrogen) atoms. The van der Waals surface area contributed by atoms with Crippen LogP contribution < -0.4 is 14.5 Å². The fourth-order valence-corrected chi connectivity index (χ4v) is 3.83. The Morgan fingerprint density at radius 3 is 2.40 bits per heavy atom. The molecule has 0 unspecified atom stereocenters. The number of hydrogen-bond donors (Lipinski definition) is 0. The first kappa shape index (κ1) is 23.7. The molecule has 0 fully saturated rings. The third-order valence-electron chi connectivity index (χ3n) is 5.61. The van der Waals surface area contributed by atoms with Gasteiger partial charge in [0.1, 0.15) is 17.8 Å². The number of nitrogens with zero attached hydrogens (tertiary/aromatic N) is 5. The molecule has 0 saturated carbocycles. The highest BCUT2D eigenvalue weighted by atomic mass is 16.5. The number of hydrogen-bond acceptors (Lipinski definition) is 6. The summed E-state index contributed by atoms with van der Waals surface area (Å²) < 4.78 is 11.1. The van der Waals surface area contributed by atoms with Gasteiger partial charge in [-0.25, -0.2) is 10.0 Å². The molecule has 1 atom stereocenters. The summed E-state index contributed by atoms with van der Waals surface area (Å²) in [5.41, 5.74) is 3.61. The lowest BCUT2D eigenvalue weighted by Gasteiger charge is -2.22. The number of hydrazone groups is 2. The van der Waals surface area contributed by atoms with E-state index in [1.807, 2.05) is 66.7 Å². The second kappa shape index (κ2) is 11.1.